The summed E-state index contributed by atoms with van der Waals surface area (Å²) >= 11 is 2.30. The van der Waals surface area contributed by atoms with Crippen molar-refractivity contribution in [1.29, 1.82) is 0 Å². The van der Waals surface area contributed by atoms with Gasteiger partial charge in [0.15, 0.2) is 0 Å². The standard InChI is InChI=1S/C15H19NO4S2/c1-21-8-7-12(15(20)22-10-14(18)19)16-13(17)9-11-5-3-2-4-6-11/h2-6,12H,7-10H2,1H3,(H,16,17)(H,18,19)/t12-/m0/s1. The molecule has 1 amide bonds. The van der Waals surface area contributed by atoms with Crippen LogP contribution < -0.4 is 5.32 Å². The number of nitrogens with one attached hydrogen (secondary N) is 1. The Balaban J connectivity index is 2.57. The Bertz CT molecular complexity index is 508. The average molecular weight is 341 g/mol. The van der Waals surface area contributed by atoms with E-state index in [9.17, 15) is 14.4 Å². The molecule has 0 aliphatic heterocycles. The number of benzene rings is 1. The predicted octanol–water partition coefficient (Wildman–Crippen LogP) is 1.81. The summed E-state index contributed by atoms with van der Waals surface area (Å²) in [5.74, 6) is -0.849. The van der Waals surface area contributed by atoms with Crippen molar-refractivity contribution in [2.24, 2.45) is 0 Å². The zero-order chi connectivity index (χ0) is 16.4. The number of carbonyl (C=O) groups excluding carboxylic acids is 2. The normalized spacial score (nSPS) is 11.7. The molecule has 0 heterocycles. The molecule has 1 rings (SSSR count). The van der Waals surface area contributed by atoms with Gasteiger partial charge in [-0.25, -0.2) is 0 Å². The molecular formula is C15H19NO4S2. The molecule has 0 unspecified atom stereocenters. The Labute approximate surface area is 138 Å². The minimum absolute atomic E-state index is 0.202. The molecule has 0 bridgehead atoms. The predicted molar refractivity (Wildman–Crippen MR) is 90.2 cm³/mol. The molecular weight excluding hydrogens is 322 g/mol. The van der Waals surface area contributed by atoms with Crippen molar-refractivity contribution in [3.8, 4) is 0 Å². The van der Waals surface area contributed by atoms with Crippen LogP contribution in [0.2, 0.25) is 0 Å². The van der Waals surface area contributed by atoms with Gasteiger partial charge < -0.3 is 10.4 Å². The molecule has 2 N–H and O–H groups in total. The van der Waals surface area contributed by atoms with Crippen molar-refractivity contribution in [3.05, 3.63) is 35.9 Å². The van der Waals surface area contributed by atoms with Crippen LogP contribution in [0.3, 0.4) is 0 Å². The van der Waals surface area contributed by atoms with Crippen molar-refractivity contribution in [2.45, 2.75) is 18.9 Å². The van der Waals surface area contributed by atoms with Crippen LogP contribution in [-0.4, -0.2) is 45.9 Å². The maximum Gasteiger partial charge on any atom is 0.313 e. The van der Waals surface area contributed by atoms with Crippen LogP contribution in [0.15, 0.2) is 30.3 Å². The van der Waals surface area contributed by atoms with Gasteiger partial charge in [-0.15, -0.1) is 0 Å². The lowest BCUT2D eigenvalue weighted by Gasteiger charge is -2.16. The lowest BCUT2D eigenvalue weighted by atomic mass is 10.1. The second-order valence-corrected chi connectivity index (χ2v) is 6.53. The number of aliphatic carboxylic acids is 1. The van der Waals surface area contributed by atoms with Gasteiger partial charge in [0.25, 0.3) is 0 Å². The molecule has 0 radical (unpaired) electrons. The van der Waals surface area contributed by atoms with E-state index >= 15 is 0 Å². The summed E-state index contributed by atoms with van der Waals surface area (Å²) in [5.41, 5.74) is 0.870. The molecule has 7 heteroatoms. The van der Waals surface area contributed by atoms with E-state index in [4.69, 9.17) is 5.11 Å². The van der Waals surface area contributed by atoms with Crippen LogP contribution in [0, 0.1) is 0 Å². The number of hydrogen-bond donors (Lipinski definition) is 2. The van der Waals surface area contributed by atoms with Crippen molar-refractivity contribution >= 4 is 40.5 Å². The number of hydrogen-bond acceptors (Lipinski definition) is 5. The first-order chi connectivity index (χ1) is 10.5. The largest absolute Gasteiger partial charge is 0.481 e. The van der Waals surface area contributed by atoms with Crippen LogP contribution in [-0.2, 0) is 20.8 Å². The van der Waals surface area contributed by atoms with Crippen molar-refractivity contribution in [3.63, 3.8) is 0 Å². The van der Waals surface area contributed by atoms with Crippen LogP contribution in [0.4, 0.5) is 0 Å². The summed E-state index contributed by atoms with van der Waals surface area (Å²) in [6.45, 7) is 0. The van der Waals surface area contributed by atoms with Gasteiger partial charge in [-0.05, 0) is 24.0 Å². The van der Waals surface area contributed by atoms with Gasteiger partial charge in [-0.2, -0.15) is 11.8 Å². The van der Waals surface area contributed by atoms with Gasteiger partial charge >= 0.3 is 5.97 Å². The van der Waals surface area contributed by atoms with E-state index in [0.717, 1.165) is 23.1 Å². The van der Waals surface area contributed by atoms with E-state index in [0.29, 0.717) is 6.42 Å². The molecule has 0 fully saturated rings. The molecule has 1 aromatic rings. The number of thioether (sulfide) groups is 2. The van der Waals surface area contributed by atoms with Gasteiger partial charge in [-0.1, -0.05) is 42.1 Å². The molecule has 1 atom stereocenters. The van der Waals surface area contributed by atoms with E-state index in [-0.39, 0.29) is 23.2 Å². The zero-order valence-corrected chi connectivity index (χ0v) is 13.9. The summed E-state index contributed by atoms with van der Waals surface area (Å²) in [6, 6.07) is 8.61. The molecule has 0 aromatic heterocycles. The number of carbonyl (C=O) groups is 3. The Kier molecular flexibility index (Phi) is 8.69. The van der Waals surface area contributed by atoms with E-state index < -0.39 is 12.0 Å². The van der Waals surface area contributed by atoms with Crippen LogP contribution in [0.1, 0.15) is 12.0 Å². The molecule has 0 saturated heterocycles. The summed E-state index contributed by atoms with van der Waals surface area (Å²) < 4.78 is 0. The highest BCUT2D eigenvalue weighted by atomic mass is 32.2. The zero-order valence-electron chi connectivity index (χ0n) is 12.3. The monoisotopic (exact) mass is 341 g/mol. The third-order valence-electron chi connectivity index (χ3n) is 2.78. The van der Waals surface area contributed by atoms with E-state index in [1.807, 2.05) is 36.6 Å². The molecule has 0 aliphatic rings. The Hall–Kier alpha value is -1.47. The van der Waals surface area contributed by atoms with Gasteiger partial charge in [0, 0.05) is 0 Å². The Morgan fingerprint density at radius 1 is 1.23 bits per heavy atom. The SMILES string of the molecule is CSCC[C@H](NC(=O)Cc1ccccc1)C(=O)SCC(=O)O. The molecule has 0 saturated carbocycles. The highest BCUT2D eigenvalue weighted by Gasteiger charge is 2.21. The number of carboxylic acids is 1. The first-order valence-electron chi connectivity index (χ1n) is 6.73. The smallest absolute Gasteiger partial charge is 0.313 e. The highest BCUT2D eigenvalue weighted by Crippen LogP contribution is 2.11. The number of amides is 1. The number of carboxylic acid groups (broad SMARTS) is 1. The lowest BCUT2D eigenvalue weighted by molar-refractivity contribution is -0.134. The van der Waals surface area contributed by atoms with Crippen LogP contribution in [0.25, 0.3) is 0 Å². The summed E-state index contributed by atoms with van der Waals surface area (Å²) in [4.78, 5) is 34.6. The molecule has 5 nitrogen and oxygen atoms in total. The minimum Gasteiger partial charge on any atom is -0.481 e. The molecule has 0 spiro atoms. The molecule has 1 aromatic carbocycles. The van der Waals surface area contributed by atoms with Crippen LogP contribution in [0.5, 0.6) is 0 Å². The third-order valence-corrected chi connectivity index (χ3v) is 4.38. The maximum atomic E-state index is 12.0. The van der Waals surface area contributed by atoms with Crippen molar-refractivity contribution in [1.82, 2.24) is 5.32 Å². The first-order valence-corrected chi connectivity index (χ1v) is 9.11. The average Bonchev–Trinajstić information content (AvgIpc) is 2.50. The summed E-state index contributed by atoms with van der Waals surface area (Å²) in [6.07, 6.45) is 2.61. The highest BCUT2D eigenvalue weighted by molar-refractivity contribution is 8.14. The Morgan fingerprint density at radius 2 is 1.91 bits per heavy atom. The van der Waals surface area contributed by atoms with E-state index in [2.05, 4.69) is 5.32 Å². The molecule has 120 valence electrons. The second-order valence-electron chi connectivity index (χ2n) is 4.57. The summed E-state index contributed by atoms with van der Waals surface area (Å²) in [5, 5.41) is 11.0. The van der Waals surface area contributed by atoms with Crippen molar-refractivity contribution in [2.75, 3.05) is 17.8 Å². The fourth-order valence-corrected chi connectivity index (χ4v) is 2.86. The molecule has 0 aliphatic carbocycles. The van der Waals surface area contributed by atoms with Gasteiger partial charge in [0.1, 0.15) is 0 Å². The number of rotatable bonds is 9. The van der Waals surface area contributed by atoms with Gasteiger partial charge in [0.05, 0.1) is 18.2 Å². The van der Waals surface area contributed by atoms with E-state index in [1.54, 1.807) is 11.8 Å². The third kappa shape index (κ3) is 7.51. The quantitative estimate of drug-likeness (QED) is 0.713. The fourth-order valence-electron chi connectivity index (χ4n) is 1.74. The minimum atomic E-state index is -1.04. The summed E-state index contributed by atoms with van der Waals surface area (Å²) in [7, 11) is 0. The van der Waals surface area contributed by atoms with Gasteiger partial charge in [0.2, 0.25) is 11.0 Å². The first kappa shape index (κ1) is 18.6. The lowest BCUT2D eigenvalue weighted by Crippen LogP contribution is -2.41. The van der Waals surface area contributed by atoms with Gasteiger partial charge in [-0.3, -0.25) is 14.4 Å². The van der Waals surface area contributed by atoms with E-state index in [1.165, 1.54) is 0 Å². The Morgan fingerprint density at radius 3 is 2.50 bits per heavy atom. The topological polar surface area (TPSA) is 83.5 Å². The fraction of sp³-hybridized carbons (Fsp3) is 0.400. The molecule has 22 heavy (non-hydrogen) atoms. The second kappa shape index (κ2) is 10.3. The van der Waals surface area contributed by atoms with Crippen molar-refractivity contribution < 1.29 is 19.5 Å². The maximum absolute atomic E-state index is 12.0. The van der Waals surface area contributed by atoms with Crippen LogP contribution >= 0.6 is 23.5 Å².